The third kappa shape index (κ3) is 3.53. The quantitative estimate of drug-likeness (QED) is 0.321. The van der Waals surface area contributed by atoms with Gasteiger partial charge in [0.05, 0.1) is 19.7 Å². The topological polar surface area (TPSA) is 135 Å². The number of hydrogen-bond acceptors (Lipinski definition) is 8. The minimum atomic E-state index is -0.890. The first-order valence-electron chi connectivity index (χ1n) is 9.67. The number of methoxy groups -OCH3 is 1. The van der Waals surface area contributed by atoms with E-state index in [-0.39, 0.29) is 28.7 Å². The van der Waals surface area contributed by atoms with Gasteiger partial charge in [-0.2, -0.15) is 5.10 Å². The summed E-state index contributed by atoms with van der Waals surface area (Å²) in [6.07, 6.45) is 2.87. The van der Waals surface area contributed by atoms with Gasteiger partial charge >= 0.3 is 5.97 Å². The Balaban J connectivity index is 2.08. The Morgan fingerprint density at radius 1 is 1.16 bits per heavy atom. The lowest BCUT2D eigenvalue weighted by Gasteiger charge is -2.19. The largest absolute Gasteiger partial charge is 0.504 e. The molecule has 0 fully saturated rings. The van der Waals surface area contributed by atoms with E-state index in [1.807, 2.05) is 0 Å². The molecule has 4 aromatic rings. The molecule has 0 bridgehead atoms. The van der Waals surface area contributed by atoms with Gasteiger partial charge in [-0.25, -0.2) is 0 Å². The average Bonchev–Trinajstić information content (AvgIpc) is 3.23. The van der Waals surface area contributed by atoms with Gasteiger partial charge in [-0.3, -0.25) is 14.3 Å². The molecule has 9 nitrogen and oxygen atoms in total. The lowest BCUT2D eigenvalue weighted by molar-refractivity contribution is -0.140. The van der Waals surface area contributed by atoms with Gasteiger partial charge in [0, 0.05) is 36.4 Å². The number of phenolic OH excluding ortho intramolecular Hbond substituents is 3. The van der Waals surface area contributed by atoms with Gasteiger partial charge in [0.2, 0.25) is 5.75 Å². The molecule has 0 amide bonds. The first-order valence-corrected chi connectivity index (χ1v) is 9.67. The molecule has 2 heterocycles. The van der Waals surface area contributed by atoms with Crippen molar-refractivity contribution < 1.29 is 29.3 Å². The van der Waals surface area contributed by atoms with Crippen LogP contribution in [0.4, 0.5) is 0 Å². The molecule has 1 unspecified atom stereocenters. The van der Waals surface area contributed by atoms with Crippen LogP contribution in [-0.4, -0.2) is 38.2 Å². The van der Waals surface area contributed by atoms with Gasteiger partial charge in [-0.15, -0.1) is 0 Å². The minimum absolute atomic E-state index is 0.0384. The van der Waals surface area contributed by atoms with Gasteiger partial charge in [0.25, 0.3) is 0 Å². The van der Waals surface area contributed by atoms with E-state index in [9.17, 15) is 24.9 Å². The monoisotopic (exact) mass is 436 g/mol. The molecule has 9 heteroatoms. The molecular formula is C23H20N2O7. The SMILES string of the molecule is COC(=O)CC(c1cnn(C)c1)c1c(O)c(O)c(O)c2c(=O)cc(-c3ccccc3)oc12. The predicted octanol–water partition coefficient (Wildman–Crippen LogP) is 3.01. The third-order valence-electron chi connectivity index (χ3n) is 5.27. The second-order valence-corrected chi connectivity index (χ2v) is 7.28. The van der Waals surface area contributed by atoms with E-state index in [1.54, 1.807) is 43.6 Å². The Bertz CT molecular complexity index is 1370. The van der Waals surface area contributed by atoms with E-state index in [0.717, 1.165) is 0 Å². The molecule has 0 aliphatic heterocycles. The van der Waals surface area contributed by atoms with Crippen molar-refractivity contribution in [2.75, 3.05) is 7.11 Å². The summed E-state index contributed by atoms with van der Waals surface area (Å²) in [6, 6.07) is 9.99. The van der Waals surface area contributed by atoms with Gasteiger partial charge in [0.1, 0.15) is 16.7 Å². The maximum absolute atomic E-state index is 12.9. The first-order chi connectivity index (χ1) is 15.3. The Kier molecular flexibility index (Phi) is 5.31. The number of esters is 1. The van der Waals surface area contributed by atoms with Crippen LogP contribution in [0.5, 0.6) is 17.2 Å². The van der Waals surface area contributed by atoms with Crippen molar-refractivity contribution >= 4 is 16.9 Å². The molecule has 0 aliphatic carbocycles. The number of rotatable bonds is 5. The molecule has 2 aromatic heterocycles. The van der Waals surface area contributed by atoms with Gasteiger partial charge in [-0.05, 0) is 5.56 Å². The summed E-state index contributed by atoms with van der Waals surface area (Å²) >= 11 is 0. The van der Waals surface area contributed by atoms with Gasteiger partial charge in [0.15, 0.2) is 16.9 Å². The summed E-state index contributed by atoms with van der Waals surface area (Å²) < 4.78 is 12.3. The van der Waals surface area contributed by atoms with Gasteiger partial charge in [-0.1, -0.05) is 30.3 Å². The number of benzene rings is 2. The number of hydrogen-bond donors (Lipinski definition) is 3. The van der Waals surface area contributed by atoms with E-state index >= 15 is 0 Å². The maximum atomic E-state index is 12.9. The summed E-state index contributed by atoms with van der Waals surface area (Å²) in [4.78, 5) is 25.1. The molecule has 32 heavy (non-hydrogen) atoms. The minimum Gasteiger partial charge on any atom is -0.504 e. The van der Waals surface area contributed by atoms with Crippen LogP contribution in [0.15, 0.2) is 58.0 Å². The molecular weight excluding hydrogens is 416 g/mol. The van der Waals surface area contributed by atoms with Crippen LogP contribution in [-0.2, 0) is 16.6 Å². The molecule has 4 rings (SSSR count). The maximum Gasteiger partial charge on any atom is 0.306 e. The number of ether oxygens (including phenoxy) is 1. The van der Waals surface area contributed by atoms with Crippen molar-refractivity contribution in [2.24, 2.45) is 7.05 Å². The van der Waals surface area contributed by atoms with Crippen molar-refractivity contribution in [3.8, 4) is 28.6 Å². The van der Waals surface area contributed by atoms with E-state index in [1.165, 1.54) is 24.1 Å². The molecule has 164 valence electrons. The van der Waals surface area contributed by atoms with Crippen LogP contribution >= 0.6 is 0 Å². The first kappa shape index (κ1) is 21.0. The van der Waals surface area contributed by atoms with Crippen molar-refractivity contribution in [3.05, 3.63) is 70.1 Å². The fourth-order valence-electron chi connectivity index (χ4n) is 3.70. The highest BCUT2D eigenvalue weighted by atomic mass is 16.5. The van der Waals surface area contributed by atoms with E-state index in [0.29, 0.717) is 11.1 Å². The van der Waals surface area contributed by atoms with Crippen LogP contribution < -0.4 is 5.43 Å². The fourth-order valence-corrected chi connectivity index (χ4v) is 3.70. The van der Waals surface area contributed by atoms with Crippen LogP contribution in [0.3, 0.4) is 0 Å². The second kappa shape index (κ2) is 8.10. The molecule has 0 saturated heterocycles. The summed E-state index contributed by atoms with van der Waals surface area (Å²) in [5.41, 5.74) is 0.287. The Labute approximate surface area is 181 Å². The van der Waals surface area contributed by atoms with Crippen molar-refractivity contribution in [1.82, 2.24) is 9.78 Å². The molecule has 0 aliphatic rings. The molecule has 1 atom stereocenters. The van der Waals surface area contributed by atoms with Crippen LogP contribution in [0.25, 0.3) is 22.3 Å². The number of aromatic hydroxyl groups is 3. The zero-order chi connectivity index (χ0) is 23.0. The summed E-state index contributed by atoms with van der Waals surface area (Å²) in [6.45, 7) is 0. The fraction of sp³-hybridized carbons (Fsp3) is 0.174. The van der Waals surface area contributed by atoms with E-state index < -0.39 is 34.6 Å². The zero-order valence-electron chi connectivity index (χ0n) is 17.3. The number of phenols is 3. The summed E-state index contributed by atoms with van der Waals surface area (Å²) in [5.74, 6) is -3.69. The van der Waals surface area contributed by atoms with E-state index in [4.69, 9.17) is 9.15 Å². The highest BCUT2D eigenvalue weighted by Crippen LogP contribution is 2.49. The lowest BCUT2D eigenvalue weighted by Crippen LogP contribution is -2.12. The zero-order valence-corrected chi connectivity index (χ0v) is 17.3. The highest BCUT2D eigenvalue weighted by molar-refractivity contribution is 5.93. The number of carbonyl (C=O) groups excluding carboxylic acids is 1. The summed E-state index contributed by atoms with van der Waals surface area (Å²) in [7, 11) is 2.90. The number of fused-ring (bicyclic) bond motifs is 1. The summed E-state index contributed by atoms with van der Waals surface area (Å²) in [5, 5.41) is 35.4. The molecule has 0 saturated carbocycles. The average molecular weight is 436 g/mol. The second-order valence-electron chi connectivity index (χ2n) is 7.28. The number of nitrogens with zero attached hydrogens (tertiary/aromatic N) is 2. The highest BCUT2D eigenvalue weighted by Gasteiger charge is 2.31. The van der Waals surface area contributed by atoms with Crippen molar-refractivity contribution in [3.63, 3.8) is 0 Å². The molecule has 0 radical (unpaired) electrons. The lowest BCUT2D eigenvalue weighted by atomic mass is 9.87. The Morgan fingerprint density at radius 2 is 1.88 bits per heavy atom. The normalized spacial score (nSPS) is 12.1. The van der Waals surface area contributed by atoms with Crippen molar-refractivity contribution in [2.45, 2.75) is 12.3 Å². The Morgan fingerprint density at radius 3 is 2.50 bits per heavy atom. The molecule has 2 aromatic carbocycles. The predicted molar refractivity (Wildman–Crippen MR) is 115 cm³/mol. The van der Waals surface area contributed by atoms with Gasteiger partial charge < -0.3 is 24.5 Å². The Hall–Kier alpha value is -4.27. The van der Waals surface area contributed by atoms with Crippen LogP contribution in [0.1, 0.15) is 23.5 Å². The number of aromatic nitrogens is 2. The van der Waals surface area contributed by atoms with Crippen LogP contribution in [0.2, 0.25) is 0 Å². The number of carbonyl (C=O) groups is 1. The van der Waals surface area contributed by atoms with E-state index in [2.05, 4.69) is 5.10 Å². The van der Waals surface area contributed by atoms with Crippen LogP contribution in [0, 0.1) is 0 Å². The van der Waals surface area contributed by atoms with Crippen molar-refractivity contribution in [1.29, 1.82) is 0 Å². The molecule has 0 spiro atoms. The molecule has 3 N–H and O–H groups in total. The number of aryl methyl sites for hydroxylation is 1. The third-order valence-corrected chi connectivity index (χ3v) is 5.27. The smallest absolute Gasteiger partial charge is 0.306 e. The standard InChI is InChI=1S/C23H20N2O7/c1-25-11-13(10-24-25)14(8-17(27)31-2)18-20(28)22(30)21(29)19-15(26)9-16(32-23(18)19)12-6-4-3-5-7-12/h3-7,9-11,14,28-30H,8H2,1-2H3.